The van der Waals surface area contributed by atoms with Crippen LogP contribution in [0.5, 0.6) is 0 Å². The van der Waals surface area contributed by atoms with Crippen molar-refractivity contribution >= 4 is 21.8 Å². The van der Waals surface area contributed by atoms with Crippen LogP contribution in [-0.4, -0.2) is 29.5 Å². The molecule has 1 aliphatic heterocycles. The first-order valence-corrected chi connectivity index (χ1v) is 7.51. The first kappa shape index (κ1) is 13.9. The fraction of sp³-hybridized carbons (Fsp3) is 0.333. The Labute approximate surface area is 112 Å². The zero-order valence-corrected chi connectivity index (χ0v) is 11.4. The Morgan fingerprint density at radius 2 is 2.16 bits per heavy atom. The average molecular weight is 281 g/mol. The number of rotatable bonds is 5. The highest BCUT2D eigenvalue weighted by atomic mass is 32.2. The van der Waals surface area contributed by atoms with Crippen LogP contribution in [0.15, 0.2) is 41.3 Å². The van der Waals surface area contributed by atoms with Crippen LogP contribution in [0.1, 0.15) is 19.8 Å². The van der Waals surface area contributed by atoms with Gasteiger partial charge < -0.3 is 4.55 Å². The second-order valence-corrected chi connectivity index (χ2v) is 5.86. The summed E-state index contributed by atoms with van der Waals surface area (Å²) in [6.07, 6.45) is 4.36. The second kappa shape index (κ2) is 5.60. The maximum absolute atomic E-state index is 10.6. The third kappa shape index (κ3) is 3.95. The van der Waals surface area contributed by atoms with Gasteiger partial charge in [-0.1, -0.05) is 6.07 Å². The molecule has 1 atom stereocenters. The Hall–Kier alpha value is -1.57. The highest BCUT2D eigenvalue weighted by Gasteiger charge is 2.24. The predicted octanol–water partition coefficient (Wildman–Crippen LogP) is 0.197. The molecule has 0 saturated carbocycles. The van der Waals surface area contributed by atoms with Gasteiger partial charge in [0.25, 0.3) is 0 Å². The molecular weight excluding hydrogens is 266 g/mol. The van der Waals surface area contributed by atoms with Crippen LogP contribution in [0.4, 0.5) is 5.82 Å². The van der Waals surface area contributed by atoms with Crippen LogP contribution in [0.2, 0.25) is 0 Å². The standard InChI is InChI=1S/C12H15N3O3S/c1-10-9-15(11-5-2-3-7-13-11)12(14-10)6-4-8-19(16,17)18/h2-3,5,7,9H,4,6,8H2,1H3,(H,16,17,18). The number of nitrogens with zero attached hydrogens (tertiary/aromatic N) is 2. The highest BCUT2D eigenvalue weighted by molar-refractivity contribution is 7.85. The van der Waals surface area contributed by atoms with Crippen molar-refractivity contribution in [2.75, 3.05) is 5.75 Å². The molecule has 0 fully saturated rings. The number of aromatic nitrogens is 1. The molecule has 0 bridgehead atoms. The SMILES string of the molecule is CC1=C[NH+](c2ccccn2)C(CCCS(=O)(=O)[O-])=N1. The predicted molar refractivity (Wildman–Crippen MR) is 69.8 cm³/mol. The van der Waals surface area contributed by atoms with Crippen molar-refractivity contribution in [2.24, 2.45) is 4.99 Å². The molecule has 102 valence electrons. The molecule has 19 heavy (non-hydrogen) atoms. The normalized spacial score (nSPS) is 19.2. The number of aliphatic imine (C=N–C) groups is 1. The van der Waals surface area contributed by atoms with Gasteiger partial charge in [-0.25, -0.2) is 18.3 Å². The van der Waals surface area contributed by atoms with Gasteiger partial charge in [-0.15, -0.1) is 0 Å². The summed E-state index contributed by atoms with van der Waals surface area (Å²) < 4.78 is 31.8. The summed E-state index contributed by atoms with van der Waals surface area (Å²) in [7, 11) is -4.16. The van der Waals surface area contributed by atoms with Crippen molar-refractivity contribution in [2.45, 2.75) is 19.8 Å². The first-order valence-electron chi connectivity index (χ1n) is 5.94. The first-order chi connectivity index (χ1) is 8.96. The van der Waals surface area contributed by atoms with Crippen LogP contribution >= 0.6 is 0 Å². The van der Waals surface area contributed by atoms with Crippen molar-refractivity contribution in [3.63, 3.8) is 0 Å². The fourth-order valence-corrected chi connectivity index (χ4v) is 2.45. The molecule has 0 spiro atoms. The van der Waals surface area contributed by atoms with Gasteiger partial charge in [0.1, 0.15) is 6.20 Å². The van der Waals surface area contributed by atoms with Gasteiger partial charge in [-0.2, -0.15) is 4.99 Å². The molecular formula is C12H15N3O3S. The topological polar surface area (TPSA) is 86.9 Å². The summed E-state index contributed by atoms with van der Waals surface area (Å²) in [6.45, 7) is 1.88. The molecule has 2 heterocycles. The maximum atomic E-state index is 10.6. The van der Waals surface area contributed by atoms with E-state index in [9.17, 15) is 13.0 Å². The quantitative estimate of drug-likeness (QED) is 0.781. The minimum Gasteiger partial charge on any atom is -0.748 e. The number of hydrogen-bond donors (Lipinski definition) is 1. The van der Waals surface area contributed by atoms with E-state index in [2.05, 4.69) is 9.98 Å². The lowest BCUT2D eigenvalue weighted by Crippen LogP contribution is -3.04. The molecule has 0 aromatic carbocycles. The summed E-state index contributed by atoms with van der Waals surface area (Å²) in [4.78, 5) is 9.53. The molecule has 2 rings (SSSR count). The van der Waals surface area contributed by atoms with Crippen molar-refractivity contribution in [1.29, 1.82) is 0 Å². The summed E-state index contributed by atoms with van der Waals surface area (Å²) in [5, 5.41) is 0. The van der Waals surface area contributed by atoms with Gasteiger partial charge in [0.2, 0.25) is 11.7 Å². The zero-order chi connectivity index (χ0) is 13.9. The zero-order valence-electron chi connectivity index (χ0n) is 10.5. The van der Waals surface area contributed by atoms with E-state index in [0.29, 0.717) is 6.42 Å². The van der Waals surface area contributed by atoms with E-state index in [0.717, 1.165) is 22.3 Å². The molecule has 1 N–H and O–H groups in total. The van der Waals surface area contributed by atoms with Gasteiger partial charge in [0.05, 0.1) is 15.8 Å². The van der Waals surface area contributed by atoms with Crippen LogP contribution in [0.3, 0.4) is 0 Å². The third-order valence-electron chi connectivity index (χ3n) is 2.72. The second-order valence-electron chi connectivity index (χ2n) is 4.34. The fourth-order valence-electron chi connectivity index (χ4n) is 1.95. The summed E-state index contributed by atoms with van der Waals surface area (Å²) in [5.74, 6) is 1.24. The summed E-state index contributed by atoms with van der Waals surface area (Å²) in [6, 6.07) is 5.59. The van der Waals surface area contributed by atoms with E-state index in [1.54, 1.807) is 6.20 Å². The average Bonchev–Trinajstić information content (AvgIpc) is 2.70. The van der Waals surface area contributed by atoms with Crippen molar-refractivity contribution in [3.8, 4) is 0 Å². The maximum Gasteiger partial charge on any atom is 0.236 e. The van der Waals surface area contributed by atoms with Gasteiger partial charge >= 0.3 is 0 Å². The lowest BCUT2D eigenvalue weighted by molar-refractivity contribution is -0.669. The van der Waals surface area contributed by atoms with Crippen molar-refractivity contribution in [3.05, 3.63) is 36.3 Å². The molecule has 6 nitrogen and oxygen atoms in total. The Bertz CT molecular complexity index is 608. The van der Waals surface area contributed by atoms with E-state index < -0.39 is 10.1 Å². The number of nitrogens with one attached hydrogen (secondary N) is 1. The van der Waals surface area contributed by atoms with E-state index in [1.807, 2.05) is 31.3 Å². The lowest BCUT2D eigenvalue weighted by atomic mass is 10.3. The molecule has 1 aromatic rings. The largest absolute Gasteiger partial charge is 0.748 e. The minimum absolute atomic E-state index is 0.280. The number of pyridine rings is 1. The van der Waals surface area contributed by atoms with Crippen LogP contribution < -0.4 is 4.90 Å². The van der Waals surface area contributed by atoms with E-state index in [4.69, 9.17) is 0 Å². The molecule has 0 aliphatic carbocycles. The minimum atomic E-state index is -4.16. The Morgan fingerprint density at radius 3 is 2.79 bits per heavy atom. The van der Waals surface area contributed by atoms with Crippen LogP contribution in [-0.2, 0) is 10.1 Å². The van der Waals surface area contributed by atoms with Gasteiger partial charge in [0.15, 0.2) is 0 Å². The summed E-state index contributed by atoms with van der Waals surface area (Å²) >= 11 is 0. The van der Waals surface area contributed by atoms with Crippen LogP contribution in [0.25, 0.3) is 0 Å². The molecule has 0 amide bonds. The van der Waals surface area contributed by atoms with E-state index >= 15 is 0 Å². The van der Waals surface area contributed by atoms with Gasteiger partial charge in [-0.05, 0) is 19.4 Å². The Morgan fingerprint density at radius 1 is 1.37 bits per heavy atom. The third-order valence-corrected chi connectivity index (χ3v) is 3.51. The van der Waals surface area contributed by atoms with Gasteiger partial charge in [-0.3, -0.25) is 0 Å². The monoisotopic (exact) mass is 281 g/mol. The number of allylic oxidation sites excluding steroid dienone is 1. The highest BCUT2D eigenvalue weighted by Crippen LogP contribution is 2.06. The van der Waals surface area contributed by atoms with Crippen molar-refractivity contribution < 1.29 is 17.9 Å². The van der Waals surface area contributed by atoms with Crippen molar-refractivity contribution in [1.82, 2.24) is 4.98 Å². The van der Waals surface area contributed by atoms with Crippen LogP contribution in [0, 0.1) is 0 Å². The number of amidine groups is 1. The smallest absolute Gasteiger partial charge is 0.236 e. The number of quaternary nitrogens is 1. The Balaban J connectivity index is 2.06. The molecule has 1 unspecified atom stereocenters. The molecule has 0 saturated heterocycles. The molecule has 1 aromatic heterocycles. The summed E-state index contributed by atoms with van der Waals surface area (Å²) in [5.41, 5.74) is 0.862. The van der Waals surface area contributed by atoms with E-state index in [-0.39, 0.29) is 12.2 Å². The Kier molecular flexibility index (Phi) is 4.08. The molecule has 1 aliphatic rings. The number of hydrogen-bond acceptors (Lipinski definition) is 5. The molecule has 0 radical (unpaired) electrons. The molecule has 7 heteroatoms. The van der Waals surface area contributed by atoms with Gasteiger partial charge in [0, 0.05) is 24.4 Å². The lowest BCUT2D eigenvalue weighted by Gasteiger charge is -2.11. The van der Waals surface area contributed by atoms with E-state index in [1.165, 1.54) is 0 Å².